The molecule has 0 atom stereocenters. The predicted molar refractivity (Wildman–Crippen MR) is 50.6 cm³/mol. The second kappa shape index (κ2) is 4.59. The summed E-state index contributed by atoms with van der Waals surface area (Å²) in [6, 6.07) is 1.50. The molecule has 0 unspecified atom stereocenters. The van der Waals surface area contributed by atoms with E-state index in [1.807, 2.05) is 13.8 Å². The average Bonchev–Trinajstić information content (AvgIpc) is 2.62. The van der Waals surface area contributed by atoms with Gasteiger partial charge in [0, 0.05) is 6.07 Å². The van der Waals surface area contributed by atoms with Crippen LogP contribution in [0.4, 0.5) is 0 Å². The number of aromatic nitrogens is 1. The van der Waals surface area contributed by atoms with Gasteiger partial charge in [-0.2, -0.15) is 0 Å². The predicted octanol–water partition coefficient (Wildman–Crippen LogP) is 0.612. The van der Waals surface area contributed by atoms with E-state index >= 15 is 0 Å². The fraction of sp³-hybridized carbons (Fsp3) is 0.444. The van der Waals surface area contributed by atoms with E-state index < -0.39 is 18.4 Å². The Bertz CT molecular complexity index is 370. The third-order valence-electron chi connectivity index (χ3n) is 1.74. The number of carboxylic acid groups (broad SMARTS) is 1. The van der Waals surface area contributed by atoms with Gasteiger partial charge in [0.25, 0.3) is 5.91 Å². The minimum Gasteiger partial charge on any atom is -0.480 e. The van der Waals surface area contributed by atoms with Crippen molar-refractivity contribution in [3.05, 3.63) is 17.5 Å². The Morgan fingerprint density at radius 3 is 2.73 bits per heavy atom. The van der Waals surface area contributed by atoms with E-state index in [0.29, 0.717) is 5.69 Å². The van der Waals surface area contributed by atoms with Crippen LogP contribution in [0.1, 0.15) is 36.0 Å². The van der Waals surface area contributed by atoms with Crippen LogP contribution in [0, 0.1) is 0 Å². The molecule has 82 valence electrons. The SMILES string of the molecule is CC(C)c1cc(C(=O)NCC(=O)O)on1. The number of hydrogen-bond donors (Lipinski definition) is 2. The van der Waals surface area contributed by atoms with Gasteiger partial charge in [-0.05, 0) is 5.92 Å². The van der Waals surface area contributed by atoms with Crippen LogP contribution < -0.4 is 5.32 Å². The summed E-state index contributed by atoms with van der Waals surface area (Å²) in [6.45, 7) is 3.39. The topological polar surface area (TPSA) is 92.4 Å². The van der Waals surface area contributed by atoms with Gasteiger partial charge < -0.3 is 14.9 Å². The lowest BCUT2D eigenvalue weighted by Gasteiger charge is -1.96. The first kappa shape index (κ1) is 11.2. The van der Waals surface area contributed by atoms with Crippen LogP contribution in [0.2, 0.25) is 0 Å². The number of hydrogen-bond acceptors (Lipinski definition) is 4. The van der Waals surface area contributed by atoms with E-state index in [-0.39, 0.29) is 11.7 Å². The van der Waals surface area contributed by atoms with E-state index in [1.54, 1.807) is 0 Å². The van der Waals surface area contributed by atoms with Gasteiger partial charge in [0.2, 0.25) is 5.76 Å². The van der Waals surface area contributed by atoms with Crippen LogP contribution in [0.5, 0.6) is 0 Å². The van der Waals surface area contributed by atoms with Gasteiger partial charge in [-0.3, -0.25) is 9.59 Å². The van der Waals surface area contributed by atoms with Gasteiger partial charge >= 0.3 is 5.97 Å². The third-order valence-corrected chi connectivity index (χ3v) is 1.74. The molecule has 0 bridgehead atoms. The molecule has 0 radical (unpaired) electrons. The van der Waals surface area contributed by atoms with Gasteiger partial charge in [0.05, 0.1) is 5.69 Å². The number of carbonyl (C=O) groups excluding carboxylic acids is 1. The second-order valence-corrected chi connectivity index (χ2v) is 3.35. The van der Waals surface area contributed by atoms with Gasteiger partial charge in [0.15, 0.2) is 0 Å². The van der Waals surface area contributed by atoms with Crippen molar-refractivity contribution in [2.75, 3.05) is 6.54 Å². The molecule has 0 aliphatic carbocycles. The minimum atomic E-state index is -1.10. The van der Waals surface area contributed by atoms with Crippen molar-refractivity contribution in [3.63, 3.8) is 0 Å². The van der Waals surface area contributed by atoms with Gasteiger partial charge in [-0.1, -0.05) is 19.0 Å². The molecule has 0 aromatic carbocycles. The number of carboxylic acids is 1. The molecule has 2 N–H and O–H groups in total. The first-order valence-electron chi connectivity index (χ1n) is 4.47. The van der Waals surface area contributed by atoms with Gasteiger partial charge in [-0.25, -0.2) is 0 Å². The zero-order valence-electron chi connectivity index (χ0n) is 8.48. The maximum atomic E-state index is 11.3. The number of carbonyl (C=O) groups is 2. The summed E-state index contributed by atoms with van der Waals surface area (Å²) >= 11 is 0. The summed E-state index contributed by atoms with van der Waals surface area (Å²) in [5.74, 6) is -1.49. The maximum Gasteiger partial charge on any atom is 0.322 e. The van der Waals surface area contributed by atoms with E-state index in [4.69, 9.17) is 9.63 Å². The Morgan fingerprint density at radius 2 is 2.27 bits per heavy atom. The minimum absolute atomic E-state index is 0.0277. The summed E-state index contributed by atoms with van der Waals surface area (Å²) in [5.41, 5.74) is 0.662. The quantitative estimate of drug-likeness (QED) is 0.762. The molecule has 0 aliphatic heterocycles. The molecule has 0 saturated carbocycles. The van der Waals surface area contributed by atoms with Crippen LogP contribution in [-0.2, 0) is 4.79 Å². The highest BCUT2D eigenvalue weighted by molar-refractivity contribution is 5.93. The Kier molecular flexibility index (Phi) is 3.43. The average molecular weight is 212 g/mol. The van der Waals surface area contributed by atoms with E-state index in [1.165, 1.54) is 6.07 Å². The van der Waals surface area contributed by atoms with E-state index in [0.717, 1.165) is 0 Å². The van der Waals surface area contributed by atoms with Crippen molar-refractivity contribution in [2.24, 2.45) is 0 Å². The molecule has 0 aliphatic rings. The molecule has 1 heterocycles. The zero-order valence-corrected chi connectivity index (χ0v) is 8.48. The first-order valence-corrected chi connectivity index (χ1v) is 4.47. The van der Waals surface area contributed by atoms with Crippen LogP contribution in [-0.4, -0.2) is 28.7 Å². The van der Waals surface area contributed by atoms with E-state index in [2.05, 4.69) is 10.5 Å². The fourth-order valence-corrected chi connectivity index (χ4v) is 0.911. The van der Waals surface area contributed by atoms with Crippen molar-refractivity contribution in [3.8, 4) is 0 Å². The highest BCUT2D eigenvalue weighted by Gasteiger charge is 2.14. The lowest BCUT2D eigenvalue weighted by atomic mass is 10.1. The van der Waals surface area contributed by atoms with Crippen LogP contribution in [0.15, 0.2) is 10.6 Å². The molecule has 15 heavy (non-hydrogen) atoms. The first-order chi connectivity index (χ1) is 7.00. The smallest absolute Gasteiger partial charge is 0.322 e. The molecule has 6 heteroatoms. The lowest BCUT2D eigenvalue weighted by molar-refractivity contribution is -0.135. The molecular formula is C9H12N2O4. The molecule has 1 aromatic heterocycles. The van der Waals surface area contributed by atoms with Crippen molar-refractivity contribution >= 4 is 11.9 Å². The number of nitrogens with zero attached hydrogens (tertiary/aromatic N) is 1. The Labute approximate surface area is 86.3 Å². The summed E-state index contributed by atoms with van der Waals surface area (Å²) in [5, 5.41) is 14.2. The van der Waals surface area contributed by atoms with Gasteiger partial charge in [-0.15, -0.1) is 0 Å². The molecule has 0 spiro atoms. The van der Waals surface area contributed by atoms with Crippen LogP contribution in [0.3, 0.4) is 0 Å². The standard InChI is InChI=1S/C9H12N2O4/c1-5(2)6-3-7(15-11-6)9(14)10-4-8(12)13/h3,5H,4H2,1-2H3,(H,10,14)(H,12,13). The fourth-order valence-electron chi connectivity index (χ4n) is 0.911. The van der Waals surface area contributed by atoms with Crippen molar-refractivity contribution in [1.29, 1.82) is 0 Å². The molecule has 1 aromatic rings. The summed E-state index contributed by atoms with van der Waals surface area (Å²) < 4.78 is 4.77. The summed E-state index contributed by atoms with van der Waals surface area (Å²) in [6.07, 6.45) is 0. The lowest BCUT2D eigenvalue weighted by Crippen LogP contribution is -2.28. The summed E-state index contributed by atoms with van der Waals surface area (Å²) in [7, 11) is 0. The number of rotatable bonds is 4. The highest BCUT2D eigenvalue weighted by atomic mass is 16.5. The second-order valence-electron chi connectivity index (χ2n) is 3.35. The van der Waals surface area contributed by atoms with Crippen molar-refractivity contribution in [2.45, 2.75) is 19.8 Å². The molecule has 0 fully saturated rings. The number of aliphatic carboxylic acids is 1. The van der Waals surface area contributed by atoms with Crippen molar-refractivity contribution in [1.82, 2.24) is 10.5 Å². The molecule has 1 rings (SSSR count). The molecular weight excluding hydrogens is 200 g/mol. The number of nitrogens with one attached hydrogen (secondary N) is 1. The maximum absolute atomic E-state index is 11.3. The molecule has 0 saturated heterocycles. The molecule has 6 nitrogen and oxygen atoms in total. The Morgan fingerprint density at radius 1 is 1.60 bits per heavy atom. The monoisotopic (exact) mass is 212 g/mol. The molecule has 1 amide bonds. The van der Waals surface area contributed by atoms with Crippen molar-refractivity contribution < 1.29 is 19.2 Å². The zero-order chi connectivity index (χ0) is 11.4. The number of amides is 1. The van der Waals surface area contributed by atoms with Crippen LogP contribution >= 0.6 is 0 Å². The van der Waals surface area contributed by atoms with Crippen LogP contribution in [0.25, 0.3) is 0 Å². The third kappa shape index (κ3) is 3.08. The largest absolute Gasteiger partial charge is 0.480 e. The Hall–Kier alpha value is -1.85. The summed E-state index contributed by atoms with van der Waals surface area (Å²) in [4.78, 5) is 21.5. The van der Waals surface area contributed by atoms with E-state index in [9.17, 15) is 9.59 Å². The van der Waals surface area contributed by atoms with Gasteiger partial charge in [0.1, 0.15) is 6.54 Å². The normalized spacial score (nSPS) is 10.3. The Balaban J connectivity index is 2.62. The highest BCUT2D eigenvalue weighted by Crippen LogP contribution is 2.13.